The second-order valence-electron chi connectivity index (χ2n) is 6.36. The van der Waals surface area contributed by atoms with Crippen LogP contribution < -0.4 is 5.32 Å². The highest BCUT2D eigenvalue weighted by Crippen LogP contribution is 2.26. The summed E-state index contributed by atoms with van der Waals surface area (Å²) in [5, 5.41) is 3.73. The summed E-state index contributed by atoms with van der Waals surface area (Å²) in [6, 6.07) is 10.5. The summed E-state index contributed by atoms with van der Waals surface area (Å²) in [5.74, 6) is 0. The molecule has 0 aliphatic carbocycles. The zero-order chi connectivity index (χ0) is 13.8. The standard InChI is InChI=1S/C18H28N2/c1-2-15-8-3-4-9-16(15)14-20-13-6-5-11-18(20)17-10-7-12-19-17/h3-4,8-9,17-19H,2,5-7,10-14H2,1H3. The lowest BCUT2D eigenvalue weighted by molar-refractivity contribution is 0.112. The van der Waals surface area contributed by atoms with E-state index in [2.05, 4.69) is 41.4 Å². The average Bonchev–Trinajstić information content (AvgIpc) is 3.02. The molecule has 2 aliphatic rings. The van der Waals surface area contributed by atoms with Crippen LogP contribution in [0.4, 0.5) is 0 Å². The molecule has 110 valence electrons. The van der Waals surface area contributed by atoms with Crippen LogP contribution in [0.5, 0.6) is 0 Å². The van der Waals surface area contributed by atoms with E-state index in [1.807, 2.05) is 0 Å². The molecule has 0 amide bonds. The Kier molecular flexibility index (Phi) is 4.74. The number of benzene rings is 1. The van der Waals surface area contributed by atoms with Crippen LogP contribution in [0.25, 0.3) is 0 Å². The summed E-state index contributed by atoms with van der Waals surface area (Å²) < 4.78 is 0. The van der Waals surface area contributed by atoms with Gasteiger partial charge < -0.3 is 5.32 Å². The third kappa shape index (κ3) is 3.07. The minimum Gasteiger partial charge on any atom is -0.312 e. The summed E-state index contributed by atoms with van der Waals surface area (Å²) in [6.07, 6.45) is 8.05. The van der Waals surface area contributed by atoms with Gasteiger partial charge in [-0.05, 0) is 56.3 Å². The quantitative estimate of drug-likeness (QED) is 0.904. The van der Waals surface area contributed by atoms with Gasteiger partial charge in [0.15, 0.2) is 0 Å². The molecule has 2 nitrogen and oxygen atoms in total. The van der Waals surface area contributed by atoms with Crippen LogP contribution in [0.1, 0.15) is 50.2 Å². The maximum Gasteiger partial charge on any atom is 0.0252 e. The van der Waals surface area contributed by atoms with Gasteiger partial charge in [-0.3, -0.25) is 4.90 Å². The topological polar surface area (TPSA) is 15.3 Å². The summed E-state index contributed by atoms with van der Waals surface area (Å²) in [7, 11) is 0. The molecule has 0 aromatic heterocycles. The number of aryl methyl sites for hydroxylation is 1. The first kappa shape index (κ1) is 14.1. The van der Waals surface area contributed by atoms with Gasteiger partial charge in [0.1, 0.15) is 0 Å². The molecular formula is C18H28N2. The van der Waals surface area contributed by atoms with Crippen molar-refractivity contribution in [1.82, 2.24) is 10.2 Å². The van der Waals surface area contributed by atoms with Gasteiger partial charge in [-0.15, -0.1) is 0 Å². The first-order valence-electron chi connectivity index (χ1n) is 8.42. The molecule has 0 bridgehead atoms. The molecule has 2 atom stereocenters. The van der Waals surface area contributed by atoms with Gasteiger partial charge >= 0.3 is 0 Å². The normalized spacial score (nSPS) is 27.9. The molecule has 0 saturated carbocycles. The van der Waals surface area contributed by atoms with Crippen LogP contribution in [0.15, 0.2) is 24.3 Å². The Morgan fingerprint density at radius 1 is 1.10 bits per heavy atom. The van der Waals surface area contributed by atoms with Crippen molar-refractivity contribution in [2.75, 3.05) is 13.1 Å². The molecule has 0 spiro atoms. The lowest BCUT2D eigenvalue weighted by Gasteiger charge is -2.39. The summed E-state index contributed by atoms with van der Waals surface area (Å²) >= 11 is 0. The fourth-order valence-corrected chi connectivity index (χ4v) is 3.98. The molecule has 1 N–H and O–H groups in total. The Bertz CT molecular complexity index is 423. The molecule has 1 aromatic carbocycles. The van der Waals surface area contributed by atoms with Crippen molar-refractivity contribution in [3.8, 4) is 0 Å². The monoisotopic (exact) mass is 272 g/mol. The lowest BCUT2D eigenvalue weighted by atomic mass is 9.93. The Labute approximate surface area is 123 Å². The SMILES string of the molecule is CCc1ccccc1CN1CCCCC1C1CCCN1. The van der Waals surface area contributed by atoms with E-state index in [0.29, 0.717) is 0 Å². The predicted molar refractivity (Wildman–Crippen MR) is 84.9 cm³/mol. The highest BCUT2D eigenvalue weighted by molar-refractivity contribution is 5.27. The Hall–Kier alpha value is -0.860. The van der Waals surface area contributed by atoms with Gasteiger partial charge in [0.2, 0.25) is 0 Å². The smallest absolute Gasteiger partial charge is 0.0252 e. The van der Waals surface area contributed by atoms with Crippen LogP contribution in [0, 0.1) is 0 Å². The second-order valence-corrected chi connectivity index (χ2v) is 6.36. The maximum atomic E-state index is 3.73. The van der Waals surface area contributed by atoms with Gasteiger partial charge in [-0.1, -0.05) is 37.6 Å². The van der Waals surface area contributed by atoms with E-state index < -0.39 is 0 Å². The highest BCUT2D eigenvalue weighted by atomic mass is 15.2. The van der Waals surface area contributed by atoms with E-state index in [-0.39, 0.29) is 0 Å². The van der Waals surface area contributed by atoms with Gasteiger partial charge in [0.25, 0.3) is 0 Å². The van der Waals surface area contributed by atoms with Gasteiger partial charge in [0.05, 0.1) is 0 Å². The maximum absolute atomic E-state index is 3.73. The lowest BCUT2D eigenvalue weighted by Crippen LogP contribution is -2.49. The predicted octanol–water partition coefficient (Wildman–Crippen LogP) is 3.36. The number of hydrogen-bond acceptors (Lipinski definition) is 2. The second kappa shape index (κ2) is 6.73. The van der Waals surface area contributed by atoms with Crippen molar-refractivity contribution < 1.29 is 0 Å². The molecule has 3 rings (SSSR count). The molecule has 2 aliphatic heterocycles. The van der Waals surface area contributed by atoms with Crippen LogP contribution in [-0.2, 0) is 13.0 Å². The van der Waals surface area contributed by atoms with E-state index in [4.69, 9.17) is 0 Å². The number of rotatable bonds is 4. The zero-order valence-corrected chi connectivity index (χ0v) is 12.8. The Morgan fingerprint density at radius 3 is 2.70 bits per heavy atom. The van der Waals surface area contributed by atoms with Crippen LogP contribution in [0.2, 0.25) is 0 Å². The fraction of sp³-hybridized carbons (Fsp3) is 0.667. The highest BCUT2D eigenvalue weighted by Gasteiger charge is 2.31. The van der Waals surface area contributed by atoms with Crippen molar-refractivity contribution in [1.29, 1.82) is 0 Å². The molecule has 2 unspecified atom stereocenters. The molecule has 2 fully saturated rings. The summed E-state index contributed by atoms with van der Waals surface area (Å²) in [6.45, 7) is 5.92. The molecule has 20 heavy (non-hydrogen) atoms. The molecule has 2 heterocycles. The minimum absolute atomic E-state index is 0.740. The van der Waals surface area contributed by atoms with Crippen molar-refractivity contribution in [3.05, 3.63) is 35.4 Å². The number of likely N-dealkylation sites (tertiary alicyclic amines) is 1. The fourth-order valence-electron chi connectivity index (χ4n) is 3.98. The number of nitrogens with zero attached hydrogens (tertiary/aromatic N) is 1. The van der Waals surface area contributed by atoms with Crippen molar-refractivity contribution in [2.24, 2.45) is 0 Å². The van der Waals surface area contributed by atoms with E-state index in [1.54, 1.807) is 5.56 Å². The van der Waals surface area contributed by atoms with E-state index in [0.717, 1.165) is 25.0 Å². The third-order valence-corrected chi connectivity index (χ3v) is 5.10. The number of piperidine rings is 1. The van der Waals surface area contributed by atoms with Gasteiger partial charge in [-0.25, -0.2) is 0 Å². The van der Waals surface area contributed by atoms with Gasteiger partial charge in [-0.2, -0.15) is 0 Å². The zero-order valence-electron chi connectivity index (χ0n) is 12.8. The Balaban J connectivity index is 1.73. The van der Waals surface area contributed by atoms with E-state index >= 15 is 0 Å². The minimum atomic E-state index is 0.740. The molecule has 2 saturated heterocycles. The van der Waals surface area contributed by atoms with Crippen molar-refractivity contribution in [3.63, 3.8) is 0 Å². The molecule has 2 heteroatoms. The largest absolute Gasteiger partial charge is 0.312 e. The first-order valence-corrected chi connectivity index (χ1v) is 8.42. The Morgan fingerprint density at radius 2 is 1.95 bits per heavy atom. The van der Waals surface area contributed by atoms with Crippen molar-refractivity contribution >= 4 is 0 Å². The van der Waals surface area contributed by atoms with Crippen LogP contribution in [0.3, 0.4) is 0 Å². The van der Waals surface area contributed by atoms with E-state index in [9.17, 15) is 0 Å². The summed E-state index contributed by atoms with van der Waals surface area (Å²) in [5.41, 5.74) is 3.07. The van der Waals surface area contributed by atoms with Gasteiger partial charge in [0, 0.05) is 18.6 Å². The molecular weight excluding hydrogens is 244 g/mol. The summed E-state index contributed by atoms with van der Waals surface area (Å²) in [4.78, 5) is 2.75. The molecule has 1 aromatic rings. The third-order valence-electron chi connectivity index (χ3n) is 5.10. The number of hydrogen-bond donors (Lipinski definition) is 1. The molecule has 0 radical (unpaired) electrons. The average molecular weight is 272 g/mol. The van der Waals surface area contributed by atoms with E-state index in [1.165, 1.54) is 50.8 Å². The van der Waals surface area contributed by atoms with Crippen LogP contribution >= 0.6 is 0 Å². The van der Waals surface area contributed by atoms with Crippen molar-refractivity contribution in [2.45, 2.75) is 64.1 Å². The first-order chi connectivity index (χ1) is 9.88. The number of nitrogens with one attached hydrogen (secondary N) is 1. The van der Waals surface area contributed by atoms with Crippen LogP contribution in [-0.4, -0.2) is 30.1 Å².